The lowest BCUT2D eigenvalue weighted by atomic mass is 10.7. The molecule has 14 heteroatoms. The van der Waals surface area contributed by atoms with Crippen molar-refractivity contribution in [2.45, 2.75) is 23.6 Å². The molecule has 0 aromatic carbocycles. The predicted molar refractivity (Wildman–Crippen MR) is 42.6 cm³/mol. The first-order valence-electron chi connectivity index (χ1n) is 3.56. The highest BCUT2D eigenvalue weighted by molar-refractivity contribution is 8.05. The van der Waals surface area contributed by atoms with Gasteiger partial charge < -0.3 is 0 Å². The number of hydrogen-bond donors (Lipinski definition) is 1. The van der Waals surface area contributed by atoms with Gasteiger partial charge in [-0.3, -0.25) is 0 Å². The molecule has 0 fully saturated rings. The number of alkyl halides is 7. The molecule has 0 radical (unpaired) electrons. The van der Waals surface area contributed by atoms with E-state index in [9.17, 15) is 47.6 Å². The topological polar surface area (TPSA) is 80.3 Å². The van der Waals surface area contributed by atoms with Crippen molar-refractivity contribution in [3.05, 3.63) is 0 Å². The zero-order valence-electron chi connectivity index (χ0n) is 8.10. The summed E-state index contributed by atoms with van der Waals surface area (Å²) in [5.41, 5.74) is 0. The van der Waals surface area contributed by atoms with Crippen LogP contribution in [-0.4, -0.2) is 33.5 Å². The maximum atomic E-state index is 12.3. The van der Waals surface area contributed by atoms with Crippen molar-refractivity contribution in [2.75, 3.05) is 0 Å². The average molecular weight is 327 g/mol. The fourth-order valence-electron chi connectivity index (χ4n) is 0.422. The van der Waals surface area contributed by atoms with Gasteiger partial charge >= 0.3 is 16.7 Å². The molecule has 0 rings (SSSR count). The SMILES string of the molecule is CC(F)(F)S(=O)(=O)NS(=O)(=O)C(F)(F)C(F)(F)F. The molecule has 0 aliphatic carbocycles. The van der Waals surface area contributed by atoms with Crippen LogP contribution in [0.2, 0.25) is 0 Å². The second kappa shape index (κ2) is 4.19. The predicted octanol–water partition coefficient (Wildman–Crippen LogP) is 1.00. The molecule has 1 N–H and O–H groups in total. The molecule has 0 aliphatic heterocycles. The monoisotopic (exact) mass is 327 g/mol. The first kappa shape index (κ1) is 17.4. The Morgan fingerprint density at radius 2 is 1.11 bits per heavy atom. The summed E-state index contributed by atoms with van der Waals surface area (Å²) < 4.78 is 126. The van der Waals surface area contributed by atoms with Gasteiger partial charge in [-0.15, -0.1) is 0 Å². The van der Waals surface area contributed by atoms with Crippen LogP contribution in [0.1, 0.15) is 6.92 Å². The lowest BCUT2D eigenvalue weighted by Crippen LogP contribution is -2.53. The van der Waals surface area contributed by atoms with Crippen molar-refractivity contribution in [3.8, 4) is 0 Å². The van der Waals surface area contributed by atoms with Crippen LogP contribution < -0.4 is 4.13 Å². The number of nitrogens with one attached hydrogen (secondary N) is 1. The molecule has 5 nitrogen and oxygen atoms in total. The van der Waals surface area contributed by atoms with Crippen LogP contribution in [0.15, 0.2) is 0 Å². The van der Waals surface area contributed by atoms with E-state index in [0.717, 1.165) is 0 Å². The summed E-state index contributed by atoms with van der Waals surface area (Å²) in [4.78, 5) is 0. The van der Waals surface area contributed by atoms with Gasteiger partial charge in [-0.25, -0.2) is 16.8 Å². The standard InChI is InChI=1S/C4H4F7NO4S2/c1-2(5,6)17(13,14)12-18(15,16)4(10,11)3(7,8)9/h12H,1H3. The van der Waals surface area contributed by atoms with E-state index in [0.29, 0.717) is 0 Å². The highest BCUT2D eigenvalue weighted by Crippen LogP contribution is 2.39. The van der Waals surface area contributed by atoms with Crippen LogP contribution in [0.25, 0.3) is 0 Å². The Morgan fingerprint density at radius 1 is 0.778 bits per heavy atom. The maximum Gasteiger partial charge on any atom is 0.471 e. The highest BCUT2D eigenvalue weighted by Gasteiger charge is 2.69. The van der Waals surface area contributed by atoms with Crippen molar-refractivity contribution in [1.82, 2.24) is 4.13 Å². The molecule has 0 amide bonds. The fraction of sp³-hybridized carbons (Fsp3) is 1.00. The Bertz CT molecular complexity index is 513. The first-order chi connectivity index (χ1) is 7.46. The number of sulfonamides is 2. The minimum absolute atomic E-state index is 0.356. The van der Waals surface area contributed by atoms with Crippen molar-refractivity contribution >= 4 is 20.0 Å². The summed E-state index contributed by atoms with van der Waals surface area (Å²) in [6, 6.07) is 0. The number of rotatable bonds is 4. The molecule has 0 atom stereocenters. The van der Waals surface area contributed by atoms with Gasteiger partial charge in [0.1, 0.15) is 0 Å². The second-order valence-corrected chi connectivity index (χ2v) is 6.82. The van der Waals surface area contributed by atoms with Crippen molar-refractivity contribution < 1.29 is 47.6 Å². The van der Waals surface area contributed by atoms with Gasteiger partial charge in [0.25, 0.3) is 20.0 Å². The van der Waals surface area contributed by atoms with Gasteiger partial charge in [0.15, 0.2) is 0 Å². The van der Waals surface area contributed by atoms with Crippen LogP contribution in [0, 0.1) is 0 Å². The summed E-state index contributed by atoms with van der Waals surface area (Å²) >= 11 is 0. The summed E-state index contributed by atoms with van der Waals surface area (Å²) in [5, 5.41) is -11.4. The third kappa shape index (κ3) is 3.03. The summed E-state index contributed by atoms with van der Waals surface area (Å²) in [6.45, 7) is -0.406. The van der Waals surface area contributed by atoms with E-state index in [1.807, 2.05) is 0 Å². The summed E-state index contributed by atoms with van der Waals surface area (Å²) in [6.07, 6.45) is -6.67. The Kier molecular flexibility index (Phi) is 4.05. The Morgan fingerprint density at radius 3 is 1.33 bits per heavy atom. The molecule has 0 saturated carbocycles. The van der Waals surface area contributed by atoms with Gasteiger partial charge in [0.05, 0.1) is 0 Å². The Labute approximate surface area is 96.1 Å². The Balaban J connectivity index is 5.64. The molecule has 0 aliphatic rings. The van der Waals surface area contributed by atoms with Crippen LogP contribution in [0.4, 0.5) is 30.7 Å². The lowest BCUT2D eigenvalue weighted by molar-refractivity contribution is -0.241. The molecule has 0 saturated heterocycles. The van der Waals surface area contributed by atoms with Crippen molar-refractivity contribution in [3.63, 3.8) is 0 Å². The minimum Gasteiger partial charge on any atom is -0.205 e. The van der Waals surface area contributed by atoms with Crippen LogP contribution in [0.3, 0.4) is 0 Å². The molecule has 0 aromatic heterocycles. The number of halogens is 7. The van der Waals surface area contributed by atoms with Gasteiger partial charge in [-0.1, -0.05) is 4.13 Å². The molecule has 0 aromatic rings. The van der Waals surface area contributed by atoms with Crippen molar-refractivity contribution in [2.24, 2.45) is 0 Å². The van der Waals surface area contributed by atoms with Crippen molar-refractivity contribution in [1.29, 1.82) is 0 Å². The summed E-state index contributed by atoms with van der Waals surface area (Å²) in [7, 11) is -13.2. The molecule has 0 spiro atoms. The van der Waals surface area contributed by atoms with Gasteiger partial charge in [-0.2, -0.15) is 30.7 Å². The summed E-state index contributed by atoms with van der Waals surface area (Å²) in [5.74, 6) is 0. The largest absolute Gasteiger partial charge is 0.471 e. The fourth-order valence-corrected chi connectivity index (χ4v) is 2.89. The van der Waals surface area contributed by atoms with E-state index < -0.39 is 43.7 Å². The zero-order chi connectivity index (χ0) is 15.2. The zero-order valence-corrected chi connectivity index (χ0v) is 9.73. The Hall–Kier alpha value is -0.630. The van der Waals surface area contributed by atoms with Gasteiger partial charge in [-0.05, 0) is 0 Å². The van der Waals surface area contributed by atoms with Gasteiger partial charge in [0, 0.05) is 6.92 Å². The van der Waals surface area contributed by atoms with E-state index in [1.54, 1.807) is 0 Å². The quantitative estimate of drug-likeness (QED) is 0.781. The molecule has 0 unspecified atom stereocenters. The third-order valence-corrected chi connectivity index (χ3v) is 4.96. The molecular formula is C4H4F7NO4S2. The minimum atomic E-state index is -6.93. The van der Waals surface area contributed by atoms with Crippen LogP contribution >= 0.6 is 0 Å². The highest BCUT2D eigenvalue weighted by atomic mass is 32.3. The molecule has 0 heterocycles. The van der Waals surface area contributed by atoms with E-state index in [1.165, 1.54) is 0 Å². The maximum absolute atomic E-state index is 12.3. The average Bonchev–Trinajstić information content (AvgIpc) is 1.96. The van der Waals surface area contributed by atoms with E-state index in [2.05, 4.69) is 0 Å². The molecule has 18 heavy (non-hydrogen) atoms. The lowest BCUT2D eigenvalue weighted by Gasteiger charge is -2.21. The van der Waals surface area contributed by atoms with E-state index in [4.69, 9.17) is 0 Å². The van der Waals surface area contributed by atoms with E-state index in [-0.39, 0.29) is 4.13 Å². The molecule has 0 bridgehead atoms. The second-order valence-electron chi connectivity index (χ2n) is 2.91. The normalized spacial score (nSPS) is 15.8. The molecular weight excluding hydrogens is 323 g/mol. The first-order valence-corrected chi connectivity index (χ1v) is 6.52. The van der Waals surface area contributed by atoms with Crippen LogP contribution in [-0.2, 0) is 20.0 Å². The number of hydrogen-bond acceptors (Lipinski definition) is 4. The third-order valence-electron chi connectivity index (χ3n) is 1.36. The van der Waals surface area contributed by atoms with Crippen LogP contribution in [0.5, 0.6) is 0 Å². The van der Waals surface area contributed by atoms with Gasteiger partial charge in [0.2, 0.25) is 0 Å². The molecule has 110 valence electrons. The smallest absolute Gasteiger partial charge is 0.205 e. The van der Waals surface area contributed by atoms with E-state index >= 15 is 0 Å².